The van der Waals surface area contributed by atoms with Crippen LogP contribution in [0.5, 0.6) is 5.75 Å². The molecule has 0 aliphatic heterocycles. The van der Waals surface area contributed by atoms with Crippen LogP contribution in [0.15, 0.2) is 79.4 Å². The van der Waals surface area contributed by atoms with E-state index >= 15 is 0 Å². The van der Waals surface area contributed by atoms with Gasteiger partial charge in [0.2, 0.25) is 0 Å². The Morgan fingerprint density at radius 2 is 1.41 bits per heavy atom. The lowest BCUT2D eigenvalue weighted by Gasteiger charge is -2.08. The maximum Gasteiger partial charge on any atom is 0.340 e. The molecule has 0 atom stereocenters. The molecule has 0 saturated heterocycles. The van der Waals surface area contributed by atoms with Crippen LogP contribution in [0.4, 0.5) is 0 Å². The molecule has 212 valence electrons. The highest BCUT2D eigenvalue weighted by Gasteiger charge is 2.20. The number of esters is 1. The lowest BCUT2D eigenvalue weighted by Crippen LogP contribution is -2.10. The normalized spacial score (nSPS) is 8.92. The molecule has 0 saturated carbocycles. The molecule has 0 spiro atoms. The summed E-state index contributed by atoms with van der Waals surface area (Å²) in [6.45, 7) is 17.9. The monoisotopic (exact) mass is 542 g/mol. The van der Waals surface area contributed by atoms with Crippen LogP contribution in [-0.2, 0) is 14.3 Å². The van der Waals surface area contributed by atoms with Crippen molar-refractivity contribution in [1.29, 1.82) is 0 Å². The summed E-state index contributed by atoms with van der Waals surface area (Å²) < 4.78 is 9.85. The SMILES string of the molecule is C=C(C)C(=O)O.C=C(C)C(=O)OCCCC.C=Cc1ccccc1.CCOc1cccc(C(=O)O)c1C(=O)O. The third-order valence-corrected chi connectivity index (χ3v) is 4.25. The molecule has 0 fully saturated rings. The zero-order chi connectivity index (χ0) is 30.4. The van der Waals surface area contributed by atoms with E-state index in [4.69, 9.17) is 24.8 Å². The average molecular weight is 543 g/mol. The summed E-state index contributed by atoms with van der Waals surface area (Å²) >= 11 is 0. The van der Waals surface area contributed by atoms with Gasteiger partial charge in [0, 0.05) is 11.1 Å². The number of unbranched alkanes of at least 4 members (excludes halogenated alkanes) is 1. The first-order chi connectivity index (χ1) is 18.3. The van der Waals surface area contributed by atoms with Crippen LogP contribution in [0, 0.1) is 0 Å². The van der Waals surface area contributed by atoms with Gasteiger partial charge in [-0.2, -0.15) is 0 Å². The van der Waals surface area contributed by atoms with E-state index in [9.17, 15) is 19.2 Å². The molecule has 9 heteroatoms. The topological polar surface area (TPSA) is 147 Å². The Hall–Kier alpha value is -4.66. The van der Waals surface area contributed by atoms with Crippen molar-refractivity contribution in [3.05, 3.63) is 96.1 Å². The Bertz CT molecular complexity index is 1090. The van der Waals surface area contributed by atoms with Gasteiger partial charge in [-0.25, -0.2) is 19.2 Å². The summed E-state index contributed by atoms with van der Waals surface area (Å²) in [5.74, 6) is -3.74. The smallest absolute Gasteiger partial charge is 0.340 e. The second-order valence-corrected chi connectivity index (χ2v) is 7.69. The number of hydrogen-bond donors (Lipinski definition) is 3. The highest BCUT2D eigenvalue weighted by atomic mass is 16.5. The number of carboxylic acids is 3. The van der Waals surface area contributed by atoms with E-state index in [0.29, 0.717) is 12.2 Å². The van der Waals surface area contributed by atoms with Crippen LogP contribution in [0.3, 0.4) is 0 Å². The number of hydrogen-bond acceptors (Lipinski definition) is 6. The minimum absolute atomic E-state index is 0.0740. The Morgan fingerprint density at radius 1 is 0.846 bits per heavy atom. The molecule has 2 rings (SSSR count). The molecule has 3 N–H and O–H groups in total. The third kappa shape index (κ3) is 17.4. The van der Waals surface area contributed by atoms with Gasteiger partial charge in [0.1, 0.15) is 11.3 Å². The number of ether oxygens (including phenoxy) is 2. The quantitative estimate of drug-likeness (QED) is 0.177. The molecular weight excluding hydrogens is 504 g/mol. The Morgan fingerprint density at radius 3 is 1.77 bits per heavy atom. The van der Waals surface area contributed by atoms with E-state index < -0.39 is 17.9 Å². The minimum Gasteiger partial charge on any atom is -0.493 e. The van der Waals surface area contributed by atoms with Gasteiger partial charge in [0.15, 0.2) is 0 Å². The van der Waals surface area contributed by atoms with Gasteiger partial charge < -0.3 is 24.8 Å². The van der Waals surface area contributed by atoms with E-state index in [1.165, 1.54) is 30.7 Å². The fourth-order valence-corrected chi connectivity index (χ4v) is 2.23. The van der Waals surface area contributed by atoms with E-state index in [1.54, 1.807) is 13.8 Å². The number of aliphatic carboxylic acids is 1. The molecule has 0 amide bonds. The van der Waals surface area contributed by atoms with Crippen LogP contribution < -0.4 is 4.74 Å². The summed E-state index contributed by atoms with van der Waals surface area (Å²) in [7, 11) is 0. The maximum absolute atomic E-state index is 10.9. The minimum atomic E-state index is -1.31. The van der Waals surface area contributed by atoms with Crippen molar-refractivity contribution in [2.75, 3.05) is 13.2 Å². The lowest BCUT2D eigenvalue weighted by atomic mass is 10.1. The number of aromatic carboxylic acids is 2. The fourth-order valence-electron chi connectivity index (χ4n) is 2.23. The number of carbonyl (C=O) groups excluding carboxylic acids is 1. The number of rotatable bonds is 10. The summed E-state index contributed by atoms with van der Waals surface area (Å²) in [5, 5.41) is 25.6. The van der Waals surface area contributed by atoms with Gasteiger partial charge in [-0.15, -0.1) is 0 Å². The Labute approximate surface area is 229 Å². The summed E-state index contributed by atoms with van der Waals surface area (Å²) in [6.07, 6.45) is 3.81. The molecule has 0 radical (unpaired) electrons. The molecule has 0 aromatic heterocycles. The van der Waals surface area contributed by atoms with E-state index in [2.05, 4.69) is 26.7 Å². The van der Waals surface area contributed by atoms with Crippen LogP contribution in [-0.4, -0.2) is 52.4 Å². The van der Waals surface area contributed by atoms with Crippen molar-refractivity contribution < 1.29 is 44.0 Å². The van der Waals surface area contributed by atoms with E-state index in [0.717, 1.165) is 12.8 Å². The van der Waals surface area contributed by atoms with Crippen molar-refractivity contribution in [2.24, 2.45) is 0 Å². The maximum atomic E-state index is 10.9. The predicted molar refractivity (Wildman–Crippen MR) is 151 cm³/mol. The second-order valence-electron chi connectivity index (χ2n) is 7.69. The van der Waals surface area contributed by atoms with Gasteiger partial charge in [-0.1, -0.05) is 75.6 Å². The van der Waals surface area contributed by atoms with Gasteiger partial charge >= 0.3 is 23.9 Å². The number of benzene rings is 2. The lowest BCUT2D eigenvalue weighted by molar-refractivity contribution is -0.139. The first-order valence-electron chi connectivity index (χ1n) is 11.9. The zero-order valence-electron chi connectivity index (χ0n) is 22.9. The van der Waals surface area contributed by atoms with Crippen molar-refractivity contribution >= 4 is 30.0 Å². The van der Waals surface area contributed by atoms with Crippen molar-refractivity contribution in [2.45, 2.75) is 40.5 Å². The first kappa shape index (κ1) is 36.5. The average Bonchev–Trinajstić information content (AvgIpc) is 2.90. The molecule has 0 unspecified atom stereocenters. The summed E-state index contributed by atoms with van der Waals surface area (Å²) in [6, 6.07) is 14.1. The first-order valence-corrected chi connectivity index (χ1v) is 11.9. The van der Waals surface area contributed by atoms with Crippen LogP contribution in [0.1, 0.15) is 66.8 Å². The third-order valence-electron chi connectivity index (χ3n) is 4.25. The number of carbonyl (C=O) groups is 4. The van der Waals surface area contributed by atoms with Crippen molar-refractivity contribution in [3.8, 4) is 5.75 Å². The zero-order valence-corrected chi connectivity index (χ0v) is 22.9. The molecule has 0 aliphatic rings. The summed E-state index contributed by atoms with van der Waals surface area (Å²) in [5.41, 5.74) is 1.24. The molecule has 0 heterocycles. The highest BCUT2D eigenvalue weighted by molar-refractivity contribution is 6.03. The molecule has 9 nitrogen and oxygen atoms in total. The van der Waals surface area contributed by atoms with Crippen molar-refractivity contribution in [3.63, 3.8) is 0 Å². The summed E-state index contributed by atoms with van der Waals surface area (Å²) in [4.78, 5) is 41.9. The fraction of sp³-hybridized carbons (Fsp3) is 0.267. The standard InChI is InChI=1S/C10H10O5.C8H14O2.C8H8.C4H6O2/c1-2-15-7-5-3-4-6(9(11)12)8(7)10(13)14;1-4-5-6-10-8(9)7(2)3;1-2-8-6-4-3-5-7-8;1-3(2)4(5)6/h3-5H,2H2,1H3,(H,11,12)(H,13,14);2,4-6H2,1,3H3;2-7H,1H2;1H2,2H3,(H,5,6). The predicted octanol–water partition coefficient (Wildman–Crippen LogP) is 6.36. The Kier molecular flexibility index (Phi) is 20.1. The van der Waals surface area contributed by atoms with Gasteiger partial charge in [0.25, 0.3) is 0 Å². The second kappa shape index (κ2) is 21.4. The van der Waals surface area contributed by atoms with Crippen molar-refractivity contribution in [1.82, 2.24) is 0 Å². The molecule has 2 aromatic carbocycles. The van der Waals surface area contributed by atoms with Crippen LogP contribution in [0.25, 0.3) is 6.08 Å². The number of carboxylic acid groups (broad SMARTS) is 3. The highest BCUT2D eigenvalue weighted by Crippen LogP contribution is 2.22. The van der Waals surface area contributed by atoms with Gasteiger partial charge in [0.05, 0.1) is 18.8 Å². The Balaban J connectivity index is 0. The molecule has 2 aromatic rings. The van der Waals surface area contributed by atoms with Crippen LogP contribution in [0.2, 0.25) is 0 Å². The van der Waals surface area contributed by atoms with Gasteiger partial charge in [-0.05, 0) is 44.9 Å². The molecule has 0 bridgehead atoms. The molecule has 0 aliphatic carbocycles. The largest absolute Gasteiger partial charge is 0.493 e. The molecular formula is C30H38O9. The van der Waals surface area contributed by atoms with E-state index in [-0.39, 0.29) is 35.0 Å². The van der Waals surface area contributed by atoms with Crippen LogP contribution >= 0.6 is 0 Å². The van der Waals surface area contributed by atoms with E-state index in [1.807, 2.05) is 36.4 Å². The van der Waals surface area contributed by atoms with Gasteiger partial charge in [-0.3, -0.25) is 0 Å². The molecule has 39 heavy (non-hydrogen) atoms.